The summed E-state index contributed by atoms with van der Waals surface area (Å²) in [5, 5.41) is 3.58. The minimum atomic E-state index is -5.08. The van der Waals surface area contributed by atoms with E-state index < -0.39 is 23.5 Å². The number of aryl methyl sites for hydroxylation is 8. The number of hydrogen-bond donors (Lipinski definition) is 0. The Morgan fingerprint density at radius 2 is 0.551 bits per heavy atom. The topological polar surface area (TPSA) is 22.8 Å². The van der Waals surface area contributed by atoms with Crippen molar-refractivity contribution in [2.24, 2.45) is 0 Å². The van der Waals surface area contributed by atoms with E-state index in [1.165, 1.54) is 0 Å². The maximum atomic E-state index is 14.9. The number of pyridine rings is 1. The van der Waals surface area contributed by atoms with Gasteiger partial charge in [-0.2, -0.15) is 26.3 Å². The lowest BCUT2D eigenvalue weighted by Crippen LogP contribution is -2.11. The molecule has 386 valence electrons. The molecule has 0 unspecified atom stereocenters. The van der Waals surface area contributed by atoms with Gasteiger partial charge in [-0.1, -0.05) is 144 Å². The Balaban J connectivity index is 1.23. The lowest BCUT2D eigenvalue weighted by molar-refractivity contribution is -0.143. The first-order valence-corrected chi connectivity index (χ1v) is 26.0. The van der Waals surface area contributed by atoms with E-state index in [9.17, 15) is 26.3 Å². The van der Waals surface area contributed by atoms with Gasteiger partial charge in [-0.15, -0.1) is 0 Å². The molecule has 3 heterocycles. The predicted molar refractivity (Wildman–Crippen MR) is 308 cm³/mol. The molecule has 0 saturated heterocycles. The van der Waals surface area contributed by atoms with Gasteiger partial charge in [0.05, 0.1) is 33.2 Å². The Hall–Kier alpha value is -8.69. The fourth-order valence-electron chi connectivity index (χ4n) is 11.8. The Labute approximate surface area is 448 Å². The third kappa shape index (κ3) is 8.81. The van der Waals surface area contributed by atoms with Gasteiger partial charge in [-0.25, -0.2) is 4.98 Å². The van der Waals surface area contributed by atoms with Crippen LogP contribution in [0.25, 0.3) is 111 Å². The summed E-state index contributed by atoms with van der Waals surface area (Å²) < 4.78 is 93.3. The van der Waals surface area contributed by atoms with Crippen LogP contribution < -0.4 is 0 Å². The summed E-state index contributed by atoms with van der Waals surface area (Å²) in [4.78, 5) is 5.59. The zero-order valence-corrected chi connectivity index (χ0v) is 44.4. The Bertz CT molecular complexity index is 3960. The van der Waals surface area contributed by atoms with Gasteiger partial charge in [0.15, 0.2) is 0 Å². The van der Waals surface area contributed by atoms with Gasteiger partial charge in [0.2, 0.25) is 0 Å². The molecular weight excluding hydrogens is 985 g/mol. The molecule has 3 aromatic heterocycles. The number of rotatable bonds is 7. The second-order valence-electron chi connectivity index (χ2n) is 21.2. The van der Waals surface area contributed by atoms with Crippen molar-refractivity contribution in [2.45, 2.75) is 67.7 Å². The van der Waals surface area contributed by atoms with E-state index in [0.717, 1.165) is 145 Å². The van der Waals surface area contributed by atoms with Crippen molar-refractivity contribution in [2.75, 3.05) is 0 Å². The molecular formula is C69H53F6N3. The van der Waals surface area contributed by atoms with Crippen molar-refractivity contribution in [3.8, 4) is 67.3 Å². The summed E-state index contributed by atoms with van der Waals surface area (Å²) in [7, 11) is 0. The van der Waals surface area contributed by atoms with Crippen molar-refractivity contribution < 1.29 is 26.3 Å². The monoisotopic (exact) mass is 1040 g/mol. The standard InChI is InChI=1S/C69H53F6N3/c1-38-9-17-54(42(5)25-38)46-13-21-58-59-22-14-47(55-18-10-39(2)26-43(55)6)32-63(59)77(62(58)31-46)66-35-51(50-29-52(68(70,71)72)37-53(30-50)69(73,74)75)36-67(76-66)78-64-33-48(56-19-11-40(3)27-44(56)7)15-23-60(64)61-24-16-49(34-65(61)78)57-20-12-41(4)28-45(57)8/h9-37H,1-8H3. The van der Waals surface area contributed by atoms with E-state index in [2.05, 4.69) is 201 Å². The number of halogens is 6. The average molecular weight is 1040 g/mol. The van der Waals surface area contributed by atoms with Crippen molar-refractivity contribution in [3.63, 3.8) is 0 Å². The fraction of sp³-hybridized carbons (Fsp3) is 0.145. The molecule has 9 heteroatoms. The van der Waals surface area contributed by atoms with E-state index >= 15 is 0 Å². The molecule has 0 amide bonds. The Morgan fingerprint density at radius 1 is 0.282 bits per heavy atom. The maximum absolute atomic E-state index is 14.9. The molecule has 0 fully saturated rings. The molecule has 78 heavy (non-hydrogen) atoms. The number of benzene rings is 9. The van der Waals surface area contributed by atoms with Crippen LogP contribution in [0.3, 0.4) is 0 Å². The van der Waals surface area contributed by atoms with Crippen LogP contribution in [-0.2, 0) is 12.4 Å². The molecule has 0 spiro atoms. The zero-order valence-electron chi connectivity index (χ0n) is 44.4. The zero-order chi connectivity index (χ0) is 54.7. The van der Waals surface area contributed by atoms with Crippen LogP contribution in [0.2, 0.25) is 0 Å². The molecule has 0 aliphatic rings. The van der Waals surface area contributed by atoms with E-state index in [-0.39, 0.29) is 17.2 Å². The van der Waals surface area contributed by atoms with Gasteiger partial charge in [0.25, 0.3) is 0 Å². The summed E-state index contributed by atoms with van der Waals surface area (Å²) >= 11 is 0. The molecule has 9 aromatic carbocycles. The quantitative estimate of drug-likeness (QED) is 0.146. The maximum Gasteiger partial charge on any atom is 0.416 e. The van der Waals surface area contributed by atoms with Crippen LogP contribution in [0, 0.1) is 55.4 Å². The van der Waals surface area contributed by atoms with Crippen molar-refractivity contribution in [1.82, 2.24) is 14.1 Å². The number of aromatic nitrogens is 3. The van der Waals surface area contributed by atoms with Crippen molar-refractivity contribution in [1.29, 1.82) is 0 Å². The number of nitrogens with zero attached hydrogens (tertiary/aromatic N) is 3. The van der Waals surface area contributed by atoms with Gasteiger partial charge in [0, 0.05) is 21.5 Å². The Kier molecular flexibility index (Phi) is 11.9. The second-order valence-corrected chi connectivity index (χ2v) is 21.2. The first-order chi connectivity index (χ1) is 37.2. The summed E-state index contributed by atoms with van der Waals surface area (Å²) in [5.41, 5.74) is 16.7. The smallest absolute Gasteiger partial charge is 0.294 e. The van der Waals surface area contributed by atoms with Gasteiger partial charge >= 0.3 is 12.4 Å². The molecule has 0 atom stereocenters. The summed E-state index contributed by atoms with van der Waals surface area (Å²) in [6.45, 7) is 16.5. The normalized spacial score (nSPS) is 12.2. The first-order valence-electron chi connectivity index (χ1n) is 26.0. The predicted octanol–water partition coefficient (Wildman–Crippen LogP) is 20.1. The van der Waals surface area contributed by atoms with Crippen molar-refractivity contribution >= 4 is 43.6 Å². The molecule has 0 aliphatic heterocycles. The van der Waals surface area contributed by atoms with E-state index in [0.29, 0.717) is 11.6 Å². The van der Waals surface area contributed by atoms with Gasteiger partial charge in [-0.3, -0.25) is 9.13 Å². The molecule has 0 N–H and O–H groups in total. The number of hydrogen-bond acceptors (Lipinski definition) is 1. The second kappa shape index (κ2) is 18.5. The van der Waals surface area contributed by atoms with E-state index in [1.807, 2.05) is 9.13 Å². The highest BCUT2D eigenvalue weighted by Gasteiger charge is 2.37. The van der Waals surface area contributed by atoms with Crippen LogP contribution >= 0.6 is 0 Å². The highest BCUT2D eigenvalue weighted by atomic mass is 19.4. The first kappa shape index (κ1) is 50.1. The van der Waals surface area contributed by atoms with Gasteiger partial charge < -0.3 is 0 Å². The highest BCUT2D eigenvalue weighted by molar-refractivity contribution is 6.13. The molecule has 3 nitrogen and oxygen atoms in total. The molecule has 12 rings (SSSR count). The summed E-state index contributed by atoms with van der Waals surface area (Å²) in [6.07, 6.45) is -10.2. The number of alkyl halides is 6. The molecule has 0 aliphatic carbocycles. The fourth-order valence-corrected chi connectivity index (χ4v) is 11.8. The SMILES string of the molecule is Cc1ccc(-c2ccc3c4ccc(-c5ccc(C)cc5C)cc4n(-c4cc(-c5cc(C(F)(F)F)cc(C(F)(F)F)c5)cc(-n5c6cc(-c7ccc(C)cc7C)ccc6c6ccc(-c7ccc(C)cc7C)cc65)n4)c3c2)c(C)c1. The van der Waals surface area contributed by atoms with E-state index in [4.69, 9.17) is 4.98 Å². The van der Waals surface area contributed by atoms with Crippen LogP contribution in [0.15, 0.2) is 176 Å². The third-order valence-electron chi connectivity index (χ3n) is 15.5. The van der Waals surface area contributed by atoms with Gasteiger partial charge in [0.1, 0.15) is 11.6 Å². The van der Waals surface area contributed by atoms with Gasteiger partial charge in [-0.05, 0) is 188 Å². The van der Waals surface area contributed by atoms with Crippen molar-refractivity contribution in [3.05, 3.63) is 232 Å². The minimum absolute atomic E-state index is 0.115. The van der Waals surface area contributed by atoms with Crippen LogP contribution in [0.4, 0.5) is 26.3 Å². The van der Waals surface area contributed by atoms with Crippen LogP contribution in [0.5, 0.6) is 0 Å². The lowest BCUT2D eigenvalue weighted by atomic mass is 9.96. The highest BCUT2D eigenvalue weighted by Crippen LogP contribution is 2.44. The lowest BCUT2D eigenvalue weighted by Gasteiger charge is -2.18. The number of fused-ring (bicyclic) bond motifs is 6. The van der Waals surface area contributed by atoms with Crippen LogP contribution in [-0.4, -0.2) is 14.1 Å². The third-order valence-corrected chi connectivity index (χ3v) is 15.5. The van der Waals surface area contributed by atoms with E-state index in [1.54, 1.807) is 12.1 Å². The molecule has 12 aromatic rings. The molecule has 0 radical (unpaired) electrons. The summed E-state index contributed by atoms with van der Waals surface area (Å²) in [6, 6.07) is 55.4. The summed E-state index contributed by atoms with van der Waals surface area (Å²) in [5.74, 6) is 0.602. The average Bonchev–Trinajstić information content (AvgIpc) is 4.14. The largest absolute Gasteiger partial charge is 0.416 e. The molecule has 0 bridgehead atoms. The van der Waals surface area contributed by atoms with Crippen LogP contribution in [0.1, 0.15) is 55.6 Å². The molecule has 0 saturated carbocycles. The Morgan fingerprint density at radius 3 is 0.808 bits per heavy atom. The minimum Gasteiger partial charge on any atom is -0.294 e.